The summed E-state index contributed by atoms with van der Waals surface area (Å²) in [5, 5.41) is 11.4. The number of nitrogens with one attached hydrogen (secondary N) is 2. The highest BCUT2D eigenvalue weighted by atomic mass is 16.5. The molecule has 4 aliphatic rings. The second-order valence-corrected chi connectivity index (χ2v) is 16.9. The molecule has 14 heteroatoms. The number of rotatable bonds is 16. The van der Waals surface area contributed by atoms with E-state index in [1.54, 1.807) is 12.4 Å². The Labute approximate surface area is 344 Å². The quantitative estimate of drug-likeness (QED) is 0.132. The van der Waals surface area contributed by atoms with E-state index in [0.717, 1.165) is 133 Å². The molecule has 3 saturated heterocycles. The van der Waals surface area contributed by atoms with Crippen molar-refractivity contribution in [2.24, 2.45) is 5.92 Å². The molecule has 312 valence electrons. The van der Waals surface area contributed by atoms with Crippen LogP contribution < -0.4 is 25.2 Å². The maximum atomic E-state index is 12.7. The molecular formula is C44H64N12O2. The molecule has 4 aromatic heterocycles. The molecule has 3 aliphatic heterocycles. The van der Waals surface area contributed by atoms with Gasteiger partial charge in [0, 0.05) is 108 Å². The van der Waals surface area contributed by atoms with Crippen molar-refractivity contribution in [2.45, 2.75) is 103 Å². The van der Waals surface area contributed by atoms with Crippen molar-refractivity contribution in [1.82, 2.24) is 44.7 Å². The van der Waals surface area contributed by atoms with Crippen molar-refractivity contribution in [3.63, 3.8) is 0 Å². The highest BCUT2D eigenvalue weighted by Gasteiger charge is 2.26. The van der Waals surface area contributed by atoms with E-state index in [1.807, 2.05) is 23.0 Å². The monoisotopic (exact) mass is 793 g/mol. The lowest BCUT2D eigenvalue weighted by molar-refractivity contribution is 0.0927. The molecule has 0 spiro atoms. The van der Waals surface area contributed by atoms with E-state index in [4.69, 9.17) is 9.72 Å². The predicted octanol–water partition coefficient (Wildman–Crippen LogP) is 5.83. The summed E-state index contributed by atoms with van der Waals surface area (Å²) in [7, 11) is 0. The number of piperidine rings is 2. The van der Waals surface area contributed by atoms with Crippen molar-refractivity contribution < 1.29 is 9.53 Å². The van der Waals surface area contributed by atoms with Crippen LogP contribution in [0, 0.1) is 5.92 Å². The standard InChI is InChI=1S/C44H64N12O2/c1-2-36-32-49-56-39(27-40(51-42(36)56)54-18-7-4-8-19-54)45-28-35-13-14-41(46-29-35)58-26-10-9-17-52-22-24-53(25-23-52)33-34-15-20-55(21-16-34)44-47-30-37(31-48-44)43(57)50-38-11-5-3-6-12-38/h13-14,27,29-32,34,38,45H,2-12,15-26,28,33H2,1H3,(H,50,57). The number of fused-ring (bicyclic) bond motifs is 1. The molecule has 0 atom stereocenters. The molecule has 0 radical (unpaired) electrons. The molecule has 14 nitrogen and oxygen atoms in total. The van der Waals surface area contributed by atoms with Gasteiger partial charge in [0.15, 0.2) is 5.65 Å². The zero-order valence-corrected chi connectivity index (χ0v) is 34.7. The highest BCUT2D eigenvalue weighted by Crippen LogP contribution is 2.26. The highest BCUT2D eigenvalue weighted by molar-refractivity contribution is 5.93. The Balaban J connectivity index is 0.691. The summed E-state index contributed by atoms with van der Waals surface area (Å²) in [5.41, 5.74) is 3.76. The molecule has 1 amide bonds. The average Bonchev–Trinajstić information content (AvgIpc) is 3.71. The van der Waals surface area contributed by atoms with Crippen LogP contribution >= 0.6 is 0 Å². The van der Waals surface area contributed by atoms with Crippen LogP contribution in [0.2, 0.25) is 0 Å². The minimum atomic E-state index is -0.0446. The van der Waals surface area contributed by atoms with Crippen LogP contribution in [0.1, 0.15) is 105 Å². The third-order valence-electron chi connectivity index (χ3n) is 12.7. The summed E-state index contributed by atoms with van der Waals surface area (Å²) in [6.45, 7) is 14.4. The molecule has 0 aromatic carbocycles. The number of hydrogen-bond acceptors (Lipinski definition) is 12. The Kier molecular flexibility index (Phi) is 13.8. The number of carbonyl (C=O) groups is 1. The van der Waals surface area contributed by atoms with E-state index in [-0.39, 0.29) is 5.91 Å². The van der Waals surface area contributed by atoms with Crippen molar-refractivity contribution in [3.8, 4) is 5.88 Å². The van der Waals surface area contributed by atoms with E-state index >= 15 is 0 Å². The van der Waals surface area contributed by atoms with Gasteiger partial charge in [-0.3, -0.25) is 4.79 Å². The molecule has 0 unspecified atom stereocenters. The SMILES string of the molecule is CCc1cnn2c(NCc3ccc(OCCCCN4CCN(CC5CCN(c6ncc(C(=O)NC7CCCCC7)cn6)CC5)CC4)nc3)cc(N3CCCCC3)nc12. The number of hydrogen-bond donors (Lipinski definition) is 2. The number of carbonyl (C=O) groups excluding carboxylic acids is 1. The van der Waals surface area contributed by atoms with Crippen LogP contribution in [0.4, 0.5) is 17.6 Å². The molecule has 8 rings (SSSR count). The van der Waals surface area contributed by atoms with E-state index in [0.29, 0.717) is 36.6 Å². The largest absolute Gasteiger partial charge is 0.478 e. The van der Waals surface area contributed by atoms with Crippen LogP contribution in [0.15, 0.2) is 43.0 Å². The third kappa shape index (κ3) is 10.5. The van der Waals surface area contributed by atoms with Crippen LogP contribution in [0.5, 0.6) is 5.88 Å². The van der Waals surface area contributed by atoms with Gasteiger partial charge in [-0.2, -0.15) is 9.61 Å². The van der Waals surface area contributed by atoms with E-state index in [2.05, 4.69) is 69.3 Å². The topological polar surface area (TPSA) is 132 Å². The number of amides is 1. The number of unbranched alkanes of at least 4 members (excludes halogenated alkanes) is 1. The van der Waals surface area contributed by atoms with E-state index < -0.39 is 0 Å². The smallest absolute Gasteiger partial charge is 0.254 e. The molecule has 4 aromatic rings. The van der Waals surface area contributed by atoms with Gasteiger partial charge in [0.2, 0.25) is 11.8 Å². The van der Waals surface area contributed by atoms with E-state index in [9.17, 15) is 4.79 Å². The second kappa shape index (κ2) is 19.9. The zero-order chi connectivity index (χ0) is 39.5. The van der Waals surface area contributed by atoms with Crippen LogP contribution in [-0.2, 0) is 13.0 Å². The zero-order valence-electron chi connectivity index (χ0n) is 34.7. The number of piperazine rings is 1. The van der Waals surface area contributed by atoms with Crippen molar-refractivity contribution >= 4 is 29.1 Å². The lowest BCUT2D eigenvalue weighted by Crippen LogP contribution is -2.49. The Morgan fingerprint density at radius 2 is 1.55 bits per heavy atom. The van der Waals surface area contributed by atoms with Gasteiger partial charge < -0.3 is 35.0 Å². The predicted molar refractivity (Wildman–Crippen MR) is 229 cm³/mol. The van der Waals surface area contributed by atoms with Gasteiger partial charge >= 0.3 is 0 Å². The summed E-state index contributed by atoms with van der Waals surface area (Å²) in [6, 6.07) is 6.51. The van der Waals surface area contributed by atoms with Gasteiger partial charge in [0.25, 0.3) is 5.91 Å². The van der Waals surface area contributed by atoms with Crippen LogP contribution in [0.25, 0.3) is 5.65 Å². The summed E-state index contributed by atoms with van der Waals surface area (Å²) < 4.78 is 7.97. The molecular weight excluding hydrogens is 729 g/mol. The molecule has 7 heterocycles. The minimum Gasteiger partial charge on any atom is -0.478 e. The number of aromatic nitrogens is 6. The van der Waals surface area contributed by atoms with Gasteiger partial charge in [-0.15, -0.1) is 0 Å². The van der Waals surface area contributed by atoms with Crippen molar-refractivity contribution in [1.29, 1.82) is 0 Å². The fourth-order valence-electron chi connectivity index (χ4n) is 9.06. The molecule has 1 saturated carbocycles. The number of nitrogens with zero attached hydrogens (tertiary/aromatic N) is 10. The Bertz CT molecular complexity index is 1880. The summed E-state index contributed by atoms with van der Waals surface area (Å²) in [5.74, 6) is 4.08. The number of ether oxygens (including phenoxy) is 1. The molecule has 0 bridgehead atoms. The maximum Gasteiger partial charge on any atom is 0.254 e. The fraction of sp³-hybridized carbons (Fsp3) is 0.636. The van der Waals surface area contributed by atoms with Gasteiger partial charge in [0.1, 0.15) is 11.6 Å². The molecule has 58 heavy (non-hydrogen) atoms. The van der Waals surface area contributed by atoms with Crippen molar-refractivity contribution in [2.75, 3.05) is 87.2 Å². The summed E-state index contributed by atoms with van der Waals surface area (Å²) in [4.78, 5) is 41.4. The van der Waals surface area contributed by atoms with Crippen LogP contribution in [-0.4, -0.2) is 123 Å². The van der Waals surface area contributed by atoms with Gasteiger partial charge in [0.05, 0.1) is 18.4 Å². The van der Waals surface area contributed by atoms with Crippen LogP contribution in [0.3, 0.4) is 0 Å². The van der Waals surface area contributed by atoms with Gasteiger partial charge in [-0.1, -0.05) is 32.3 Å². The normalized spacial score (nSPS) is 19.1. The summed E-state index contributed by atoms with van der Waals surface area (Å²) >= 11 is 0. The van der Waals surface area contributed by atoms with E-state index in [1.165, 1.54) is 50.6 Å². The second-order valence-electron chi connectivity index (χ2n) is 16.9. The molecule has 1 aliphatic carbocycles. The Morgan fingerprint density at radius 1 is 0.793 bits per heavy atom. The summed E-state index contributed by atoms with van der Waals surface area (Å²) in [6.07, 6.45) is 22.2. The molecule has 4 fully saturated rings. The van der Waals surface area contributed by atoms with Crippen molar-refractivity contribution in [3.05, 3.63) is 59.7 Å². The lowest BCUT2D eigenvalue weighted by Gasteiger charge is -2.39. The van der Waals surface area contributed by atoms with Gasteiger partial charge in [-0.05, 0) is 82.2 Å². The Morgan fingerprint density at radius 3 is 2.29 bits per heavy atom. The number of pyridine rings is 1. The lowest BCUT2D eigenvalue weighted by atomic mass is 9.95. The molecule has 2 N–H and O–H groups in total. The first kappa shape index (κ1) is 40.2. The average molecular weight is 793 g/mol. The number of anilines is 3. The minimum absolute atomic E-state index is 0.0446. The first-order chi connectivity index (χ1) is 28.6. The Hall–Kier alpha value is -4.56. The number of aryl methyl sites for hydroxylation is 1. The fourth-order valence-corrected chi connectivity index (χ4v) is 9.06. The first-order valence-electron chi connectivity index (χ1n) is 22.3. The van der Waals surface area contributed by atoms with Gasteiger partial charge in [-0.25, -0.2) is 19.9 Å². The third-order valence-corrected chi connectivity index (χ3v) is 12.7. The first-order valence-corrected chi connectivity index (χ1v) is 22.3. The maximum absolute atomic E-state index is 12.7.